The summed E-state index contributed by atoms with van der Waals surface area (Å²) in [4.78, 5) is 0. The van der Waals surface area contributed by atoms with Gasteiger partial charge in [-0.05, 0) is 16.1 Å². The van der Waals surface area contributed by atoms with Gasteiger partial charge in [-0.15, -0.1) is 0 Å². The quantitative estimate of drug-likeness (QED) is 0.424. The zero-order valence-electron chi connectivity index (χ0n) is 6.89. The molecular formula is C6H7N3O2S2. The summed E-state index contributed by atoms with van der Waals surface area (Å²) in [7, 11) is 1.45. The average molecular weight is 217 g/mol. The number of nitriles is 1. The van der Waals surface area contributed by atoms with Gasteiger partial charge < -0.3 is 9.29 Å². The summed E-state index contributed by atoms with van der Waals surface area (Å²) in [5.41, 5.74) is 0.573. The Morgan fingerprint density at radius 1 is 1.69 bits per heavy atom. The number of methoxy groups -OCH3 is 1. The van der Waals surface area contributed by atoms with Crippen LogP contribution in [0.25, 0.3) is 0 Å². The highest BCUT2D eigenvalue weighted by molar-refractivity contribution is 8.03. The first-order chi connectivity index (χ1) is 6.27. The third-order valence-electron chi connectivity index (χ3n) is 1.29. The van der Waals surface area contributed by atoms with E-state index in [2.05, 4.69) is 8.75 Å². The van der Waals surface area contributed by atoms with Gasteiger partial charge in [-0.3, -0.25) is 0 Å². The minimum atomic E-state index is -1.53. The van der Waals surface area contributed by atoms with Crippen molar-refractivity contribution in [3.8, 4) is 11.3 Å². The first kappa shape index (κ1) is 10.2. The van der Waals surface area contributed by atoms with Crippen molar-refractivity contribution in [1.29, 1.82) is 5.26 Å². The van der Waals surface area contributed by atoms with Crippen LogP contribution in [0.1, 0.15) is 5.69 Å². The molecule has 0 aliphatic rings. The van der Waals surface area contributed by atoms with Crippen LogP contribution < -0.4 is 4.74 Å². The predicted octanol–water partition coefficient (Wildman–Crippen LogP) is 0.970. The normalized spacial score (nSPS) is 11.0. The molecule has 0 saturated heterocycles. The van der Waals surface area contributed by atoms with E-state index < -0.39 is 11.1 Å². The van der Waals surface area contributed by atoms with Crippen molar-refractivity contribution in [2.24, 2.45) is 0 Å². The highest BCUT2D eigenvalue weighted by Gasteiger charge is 2.15. The minimum Gasteiger partial charge on any atom is -0.546 e. The van der Waals surface area contributed by atoms with E-state index in [0.717, 1.165) is 11.8 Å². The smallest absolute Gasteiger partial charge is 0.296 e. The highest BCUT2D eigenvalue weighted by Crippen LogP contribution is 2.20. The Bertz CT molecular complexity index is 320. The number of rotatable bonds is 4. The summed E-state index contributed by atoms with van der Waals surface area (Å²) < 4.78 is 23.1. The van der Waals surface area contributed by atoms with Crippen LogP contribution in [0.15, 0.2) is 0 Å². The maximum absolute atomic E-state index is 10.8. The van der Waals surface area contributed by atoms with Crippen LogP contribution in [0, 0.1) is 10.7 Å². The number of aryl methyl sites for hydroxylation is 1. The second kappa shape index (κ2) is 5.01. The molecule has 0 radical (unpaired) electrons. The van der Waals surface area contributed by atoms with E-state index in [1.54, 1.807) is 0 Å². The summed E-state index contributed by atoms with van der Waals surface area (Å²) in [6, 6.07) is 0. The Morgan fingerprint density at radius 3 is 3.08 bits per heavy atom. The third-order valence-corrected chi connectivity index (χ3v) is 2.53. The fourth-order valence-electron chi connectivity index (χ4n) is 0.778. The molecule has 0 fully saturated rings. The monoisotopic (exact) mass is 217 g/mol. The molecule has 1 rings (SSSR count). The van der Waals surface area contributed by atoms with Gasteiger partial charge in [0.1, 0.15) is 5.40 Å². The van der Waals surface area contributed by atoms with Crippen LogP contribution in [0.2, 0.25) is 0 Å². The number of thioether (sulfide) groups is 1. The molecule has 7 heteroatoms. The van der Waals surface area contributed by atoms with Gasteiger partial charge in [0.15, 0.2) is 16.8 Å². The second-order valence-corrected chi connectivity index (χ2v) is 3.77. The SMILES string of the molecule is COc1n[s+]([O-])nc1CCSC#N. The summed E-state index contributed by atoms with van der Waals surface area (Å²) in [5, 5.41) is 10.2. The standard InChI is InChI=1S/C6H7N3O2S2/c1-11-6-5(2-3-12-4-7)8-13(10)9-6/h2-3H2,1H3. The minimum absolute atomic E-state index is 0.317. The topological polar surface area (TPSA) is 81.9 Å². The van der Waals surface area contributed by atoms with Gasteiger partial charge in [-0.1, -0.05) is 0 Å². The Balaban J connectivity index is 2.59. The van der Waals surface area contributed by atoms with E-state index in [-0.39, 0.29) is 0 Å². The van der Waals surface area contributed by atoms with Gasteiger partial charge in [0.05, 0.1) is 7.11 Å². The van der Waals surface area contributed by atoms with Crippen molar-refractivity contribution in [2.75, 3.05) is 12.9 Å². The van der Waals surface area contributed by atoms with Crippen LogP contribution in [0.3, 0.4) is 0 Å². The molecule has 1 heterocycles. The Hall–Kier alpha value is -0.840. The number of nitrogens with zero attached hydrogens (tertiary/aromatic N) is 3. The van der Waals surface area contributed by atoms with Gasteiger partial charge in [-0.2, -0.15) is 5.26 Å². The van der Waals surface area contributed by atoms with Crippen molar-refractivity contribution >= 4 is 22.9 Å². The van der Waals surface area contributed by atoms with Crippen molar-refractivity contribution in [3.05, 3.63) is 5.69 Å². The molecule has 0 aliphatic heterocycles. The predicted molar refractivity (Wildman–Crippen MR) is 49.0 cm³/mol. The van der Waals surface area contributed by atoms with Gasteiger partial charge >= 0.3 is 0 Å². The summed E-state index contributed by atoms with van der Waals surface area (Å²) >= 11 is -0.406. The molecule has 0 spiro atoms. The average Bonchev–Trinajstić information content (AvgIpc) is 2.47. The Labute approximate surface area is 82.9 Å². The molecule has 0 aromatic carbocycles. The second-order valence-electron chi connectivity index (χ2n) is 2.06. The van der Waals surface area contributed by atoms with E-state index in [0.29, 0.717) is 23.7 Å². The van der Waals surface area contributed by atoms with E-state index >= 15 is 0 Å². The van der Waals surface area contributed by atoms with Crippen LogP contribution in [0.4, 0.5) is 0 Å². The first-order valence-corrected chi connectivity index (χ1v) is 5.46. The number of aromatic nitrogens is 2. The lowest BCUT2D eigenvalue weighted by Crippen LogP contribution is -1.92. The lowest BCUT2D eigenvalue weighted by molar-refractivity contribution is 0.396. The lowest BCUT2D eigenvalue weighted by Gasteiger charge is -1.92. The van der Waals surface area contributed by atoms with Crippen molar-refractivity contribution < 1.29 is 9.29 Å². The molecule has 0 aliphatic carbocycles. The molecule has 0 saturated carbocycles. The molecular weight excluding hydrogens is 210 g/mol. The summed E-state index contributed by atoms with van der Waals surface area (Å²) in [6.07, 6.45) is 0.552. The van der Waals surface area contributed by atoms with Crippen LogP contribution in [-0.2, 0) is 6.42 Å². The van der Waals surface area contributed by atoms with E-state index in [9.17, 15) is 4.55 Å². The fourth-order valence-corrected chi connectivity index (χ4v) is 1.89. The van der Waals surface area contributed by atoms with Crippen molar-refractivity contribution in [3.63, 3.8) is 0 Å². The zero-order chi connectivity index (χ0) is 9.68. The molecule has 1 aromatic heterocycles. The Morgan fingerprint density at radius 2 is 2.46 bits per heavy atom. The molecule has 0 bridgehead atoms. The lowest BCUT2D eigenvalue weighted by atomic mass is 10.3. The number of hydrogen-bond donors (Lipinski definition) is 0. The number of hydrogen-bond acceptors (Lipinski definition) is 6. The van der Waals surface area contributed by atoms with Crippen LogP contribution >= 0.6 is 22.9 Å². The van der Waals surface area contributed by atoms with Crippen molar-refractivity contribution in [2.45, 2.75) is 6.42 Å². The largest absolute Gasteiger partial charge is 0.546 e. The summed E-state index contributed by atoms with van der Waals surface area (Å²) in [5.74, 6) is 0.923. The molecule has 13 heavy (non-hydrogen) atoms. The highest BCUT2D eigenvalue weighted by atomic mass is 32.2. The van der Waals surface area contributed by atoms with E-state index in [1.807, 2.05) is 5.40 Å². The third kappa shape index (κ3) is 2.84. The van der Waals surface area contributed by atoms with E-state index in [4.69, 9.17) is 10.00 Å². The molecule has 70 valence electrons. The first-order valence-electron chi connectivity index (χ1n) is 3.41. The maximum atomic E-state index is 10.8. The molecule has 1 unspecified atom stereocenters. The van der Waals surface area contributed by atoms with Gasteiger partial charge in [0.2, 0.25) is 0 Å². The molecule has 0 N–H and O–H groups in total. The molecule has 0 amide bonds. The molecule has 5 nitrogen and oxygen atoms in total. The van der Waals surface area contributed by atoms with Gasteiger partial charge in [0, 0.05) is 16.5 Å². The van der Waals surface area contributed by atoms with E-state index in [1.165, 1.54) is 7.11 Å². The van der Waals surface area contributed by atoms with Gasteiger partial charge in [0.25, 0.3) is 5.88 Å². The van der Waals surface area contributed by atoms with Crippen LogP contribution in [0.5, 0.6) is 5.88 Å². The van der Waals surface area contributed by atoms with Crippen molar-refractivity contribution in [1.82, 2.24) is 8.75 Å². The maximum Gasteiger partial charge on any atom is 0.296 e. The van der Waals surface area contributed by atoms with Gasteiger partial charge in [-0.25, -0.2) is 0 Å². The fraction of sp³-hybridized carbons (Fsp3) is 0.500. The Kier molecular flexibility index (Phi) is 3.95. The number of ether oxygens (including phenoxy) is 1. The molecule has 1 aromatic rings. The zero-order valence-corrected chi connectivity index (χ0v) is 8.52. The van der Waals surface area contributed by atoms with Crippen LogP contribution in [-0.4, -0.2) is 26.2 Å². The number of thiocyanates is 1. The molecule has 1 atom stereocenters. The summed E-state index contributed by atoms with van der Waals surface area (Å²) in [6.45, 7) is 0.